The van der Waals surface area contributed by atoms with E-state index in [1.165, 1.54) is 45.6 Å². The number of amides is 1. The highest BCUT2D eigenvalue weighted by atomic mass is 35.5. The minimum atomic E-state index is -3.86. The molecule has 0 radical (unpaired) electrons. The lowest BCUT2D eigenvalue weighted by Crippen LogP contribution is -2.35. The molecule has 2 aromatic carbocycles. The van der Waals surface area contributed by atoms with Crippen molar-refractivity contribution in [2.75, 3.05) is 31.1 Å². The Bertz CT molecular complexity index is 1180. The SMILES string of the molecule is N#CCCN(C(=O)COC(=O)c1ccc(Cl)c(S(=O)(=O)N2CCCC2)c1)c1ccc(F)cc1. The highest BCUT2D eigenvalue weighted by molar-refractivity contribution is 7.89. The Morgan fingerprint density at radius 3 is 2.45 bits per heavy atom. The zero-order chi connectivity index (χ0) is 24.0. The van der Waals surface area contributed by atoms with Crippen molar-refractivity contribution < 1.29 is 27.1 Å². The van der Waals surface area contributed by atoms with Crippen LogP contribution < -0.4 is 4.90 Å². The summed E-state index contributed by atoms with van der Waals surface area (Å²) in [6.45, 7) is 0.129. The van der Waals surface area contributed by atoms with Crippen LogP contribution in [0.15, 0.2) is 47.4 Å². The van der Waals surface area contributed by atoms with Gasteiger partial charge in [-0.1, -0.05) is 11.6 Å². The Morgan fingerprint density at radius 2 is 1.82 bits per heavy atom. The molecule has 1 saturated heterocycles. The van der Waals surface area contributed by atoms with E-state index >= 15 is 0 Å². The quantitative estimate of drug-likeness (QED) is 0.522. The Labute approximate surface area is 196 Å². The number of benzene rings is 2. The summed E-state index contributed by atoms with van der Waals surface area (Å²) in [5, 5.41) is 8.83. The van der Waals surface area contributed by atoms with Crippen LogP contribution in [-0.4, -0.2) is 50.8 Å². The number of carbonyl (C=O) groups is 2. The summed E-state index contributed by atoms with van der Waals surface area (Å²) < 4.78 is 45.3. The number of sulfonamides is 1. The summed E-state index contributed by atoms with van der Waals surface area (Å²) in [6.07, 6.45) is 1.51. The average molecular weight is 494 g/mol. The molecule has 0 saturated carbocycles. The highest BCUT2D eigenvalue weighted by Gasteiger charge is 2.30. The first kappa shape index (κ1) is 24.6. The number of nitrogens with zero attached hydrogens (tertiary/aromatic N) is 3. The summed E-state index contributed by atoms with van der Waals surface area (Å²) in [5.41, 5.74) is 0.272. The standard InChI is InChI=1S/C22H21ClFN3O5S/c23-19-9-4-16(14-20(19)33(30,31)26-11-1-2-12-26)22(29)32-15-21(28)27(13-3-10-25)18-7-5-17(24)6-8-18/h4-9,14H,1-3,11-13,15H2. The van der Waals surface area contributed by atoms with E-state index in [2.05, 4.69) is 0 Å². The summed E-state index contributed by atoms with van der Waals surface area (Å²) in [7, 11) is -3.86. The van der Waals surface area contributed by atoms with Crippen LogP contribution in [0.3, 0.4) is 0 Å². The maximum atomic E-state index is 13.2. The molecule has 0 bridgehead atoms. The number of nitriles is 1. The number of carbonyl (C=O) groups excluding carboxylic acids is 2. The minimum absolute atomic E-state index is 0.0198. The first-order valence-electron chi connectivity index (χ1n) is 10.1. The van der Waals surface area contributed by atoms with Gasteiger partial charge in [0.15, 0.2) is 6.61 Å². The fraction of sp³-hybridized carbons (Fsp3) is 0.318. The van der Waals surface area contributed by atoms with Crippen molar-refractivity contribution in [3.63, 3.8) is 0 Å². The number of hydrogen-bond acceptors (Lipinski definition) is 6. The topological polar surface area (TPSA) is 108 Å². The number of anilines is 1. The van der Waals surface area contributed by atoms with Gasteiger partial charge in [-0.15, -0.1) is 0 Å². The van der Waals surface area contributed by atoms with Crippen molar-refractivity contribution >= 4 is 39.2 Å². The van der Waals surface area contributed by atoms with Gasteiger partial charge in [0, 0.05) is 25.3 Å². The lowest BCUT2D eigenvalue weighted by molar-refractivity contribution is -0.121. The van der Waals surface area contributed by atoms with E-state index in [0.29, 0.717) is 18.8 Å². The molecule has 33 heavy (non-hydrogen) atoms. The molecule has 1 amide bonds. The van der Waals surface area contributed by atoms with Gasteiger partial charge >= 0.3 is 5.97 Å². The van der Waals surface area contributed by atoms with Crippen LogP contribution in [0.25, 0.3) is 0 Å². The Hall–Kier alpha value is -3.00. The van der Waals surface area contributed by atoms with Crippen LogP contribution >= 0.6 is 11.6 Å². The summed E-state index contributed by atoms with van der Waals surface area (Å²) in [6, 6.07) is 10.8. The van der Waals surface area contributed by atoms with E-state index in [1.54, 1.807) is 0 Å². The Kier molecular flexibility index (Phi) is 8.02. The number of rotatable bonds is 8. The maximum absolute atomic E-state index is 13.2. The zero-order valence-corrected chi connectivity index (χ0v) is 19.1. The zero-order valence-electron chi connectivity index (χ0n) is 17.5. The molecule has 1 aliphatic rings. The van der Waals surface area contributed by atoms with Crippen molar-refractivity contribution in [2.45, 2.75) is 24.2 Å². The largest absolute Gasteiger partial charge is 0.452 e. The number of ether oxygens (including phenoxy) is 1. The summed E-state index contributed by atoms with van der Waals surface area (Å²) >= 11 is 6.09. The Balaban J connectivity index is 1.73. The molecule has 0 spiro atoms. The van der Waals surface area contributed by atoms with Crippen molar-refractivity contribution in [3.05, 3.63) is 58.9 Å². The van der Waals surface area contributed by atoms with Gasteiger partial charge in [0.1, 0.15) is 10.7 Å². The molecule has 0 N–H and O–H groups in total. The van der Waals surface area contributed by atoms with Gasteiger partial charge in [-0.3, -0.25) is 4.79 Å². The van der Waals surface area contributed by atoms with E-state index in [1.807, 2.05) is 6.07 Å². The monoisotopic (exact) mass is 493 g/mol. The molecule has 1 aliphatic heterocycles. The molecule has 3 rings (SSSR count). The van der Waals surface area contributed by atoms with Crippen LogP contribution in [0.4, 0.5) is 10.1 Å². The van der Waals surface area contributed by atoms with Gasteiger partial charge < -0.3 is 9.64 Å². The Morgan fingerprint density at radius 1 is 1.15 bits per heavy atom. The van der Waals surface area contributed by atoms with Crippen LogP contribution in [-0.2, 0) is 19.6 Å². The predicted octanol–water partition coefficient (Wildman–Crippen LogP) is 3.37. The van der Waals surface area contributed by atoms with E-state index < -0.39 is 34.3 Å². The number of hydrogen-bond donors (Lipinski definition) is 0. The second kappa shape index (κ2) is 10.7. The van der Waals surface area contributed by atoms with Gasteiger partial charge in [0.25, 0.3) is 5.91 Å². The van der Waals surface area contributed by atoms with Crippen LogP contribution in [0.5, 0.6) is 0 Å². The summed E-state index contributed by atoms with van der Waals surface area (Å²) in [5.74, 6) is -2.01. The van der Waals surface area contributed by atoms with Gasteiger partial charge in [-0.05, 0) is 55.3 Å². The minimum Gasteiger partial charge on any atom is -0.452 e. The van der Waals surface area contributed by atoms with Gasteiger partial charge in [-0.25, -0.2) is 17.6 Å². The molecule has 0 aliphatic carbocycles. The van der Waals surface area contributed by atoms with E-state index in [-0.39, 0.29) is 28.4 Å². The smallest absolute Gasteiger partial charge is 0.338 e. The third-order valence-corrected chi connectivity index (χ3v) is 7.44. The lowest BCUT2D eigenvalue weighted by Gasteiger charge is -2.21. The maximum Gasteiger partial charge on any atom is 0.338 e. The molecule has 0 unspecified atom stereocenters. The lowest BCUT2D eigenvalue weighted by atomic mass is 10.2. The van der Waals surface area contributed by atoms with Crippen LogP contribution in [0.2, 0.25) is 5.02 Å². The first-order valence-corrected chi connectivity index (χ1v) is 12.0. The molecule has 1 heterocycles. The molecule has 1 fully saturated rings. The third-order valence-electron chi connectivity index (χ3n) is 5.06. The highest BCUT2D eigenvalue weighted by Crippen LogP contribution is 2.28. The third kappa shape index (κ3) is 5.87. The van der Waals surface area contributed by atoms with Crippen LogP contribution in [0.1, 0.15) is 29.6 Å². The molecule has 174 valence electrons. The van der Waals surface area contributed by atoms with Gasteiger partial charge in [-0.2, -0.15) is 9.57 Å². The molecule has 0 aromatic heterocycles. The second-order valence-electron chi connectivity index (χ2n) is 7.26. The van der Waals surface area contributed by atoms with Gasteiger partial charge in [0.05, 0.1) is 23.1 Å². The second-order valence-corrected chi connectivity index (χ2v) is 9.58. The molecule has 2 aromatic rings. The molecule has 0 atom stereocenters. The van der Waals surface area contributed by atoms with Crippen molar-refractivity contribution in [1.29, 1.82) is 5.26 Å². The molecular formula is C22H21ClFN3O5S. The fourth-order valence-corrected chi connectivity index (χ4v) is 5.38. The normalized spacial score (nSPS) is 14.0. The van der Waals surface area contributed by atoms with Crippen LogP contribution in [0, 0.1) is 17.1 Å². The molecule has 8 nitrogen and oxygen atoms in total. The van der Waals surface area contributed by atoms with Crippen molar-refractivity contribution in [3.8, 4) is 6.07 Å². The van der Waals surface area contributed by atoms with Crippen molar-refractivity contribution in [2.24, 2.45) is 0 Å². The predicted molar refractivity (Wildman–Crippen MR) is 119 cm³/mol. The average Bonchev–Trinajstić information content (AvgIpc) is 3.35. The first-order chi connectivity index (χ1) is 15.7. The number of halogens is 2. The van der Waals surface area contributed by atoms with E-state index in [9.17, 15) is 22.4 Å². The van der Waals surface area contributed by atoms with E-state index in [4.69, 9.17) is 21.6 Å². The van der Waals surface area contributed by atoms with Gasteiger partial charge in [0.2, 0.25) is 10.0 Å². The molecule has 11 heteroatoms. The van der Waals surface area contributed by atoms with Crippen molar-refractivity contribution in [1.82, 2.24) is 4.31 Å². The summed E-state index contributed by atoms with van der Waals surface area (Å²) in [4.78, 5) is 26.2. The molecular weight excluding hydrogens is 473 g/mol. The fourth-order valence-electron chi connectivity index (χ4n) is 3.36. The number of esters is 1. The van der Waals surface area contributed by atoms with E-state index in [0.717, 1.165) is 18.9 Å².